The third-order valence-electron chi connectivity index (χ3n) is 4.02. The van der Waals surface area contributed by atoms with Gasteiger partial charge in [-0.1, -0.05) is 24.3 Å². The van der Waals surface area contributed by atoms with Crippen LogP contribution in [-0.2, 0) is 17.6 Å². The second kappa shape index (κ2) is 7.21. The molecule has 0 fully saturated rings. The first-order valence-corrected chi connectivity index (χ1v) is 9.85. The van der Waals surface area contributed by atoms with Gasteiger partial charge >= 0.3 is 0 Å². The highest BCUT2D eigenvalue weighted by Gasteiger charge is 2.10. The fourth-order valence-corrected chi connectivity index (χ4v) is 4.44. The van der Waals surface area contributed by atoms with E-state index < -0.39 is 0 Å². The summed E-state index contributed by atoms with van der Waals surface area (Å²) in [4.78, 5) is 21.1. The summed E-state index contributed by atoms with van der Waals surface area (Å²) in [7, 11) is 0. The van der Waals surface area contributed by atoms with Crippen LogP contribution in [0.15, 0.2) is 53.4 Å². The number of para-hydroxylation sites is 1. The molecular formula is C19H17N3OS2. The summed E-state index contributed by atoms with van der Waals surface area (Å²) in [5.41, 5.74) is 3.19. The molecule has 4 rings (SSSR count). The molecule has 0 radical (unpaired) electrons. The van der Waals surface area contributed by atoms with Gasteiger partial charge in [-0.25, -0.2) is 4.98 Å². The lowest BCUT2D eigenvalue weighted by Crippen LogP contribution is -2.27. The number of thiophene rings is 1. The highest BCUT2D eigenvalue weighted by atomic mass is 32.1. The van der Waals surface area contributed by atoms with Crippen molar-refractivity contribution >= 4 is 39.5 Å². The molecule has 2 N–H and O–H groups in total. The second-order valence-electron chi connectivity index (χ2n) is 5.76. The minimum atomic E-state index is 0.0165. The lowest BCUT2D eigenvalue weighted by atomic mass is 10.1. The van der Waals surface area contributed by atoms with Crippen LogP contribution in [0.5, 0.6) is 0 Å². The number of nitrogens with zero attached hydrogens (tertiary/aromatic N) is 1. The van der Waals surface area contributed by atoms with Gasteiger partial charge in [-0.3, -0.25) is 4.79 Å². The Morgan fingerprint density at radius 2 is 2.08 bits per heavy atom. The number of carbonyl (C=O) groups is 1. The summed E-state index contributed by atoms with van der Waals surface area (Å²) < 4.78 is 0. The zero-order valence-electron chi connectivity index (χ0n) is 13.5. The molecule has 0 spiro atoms. The molecule has 0 aliphatic carbocycles. The topological polar surface area (TPSA) is 57.8 Å². The van der Waals surface area contributed by atoms with Crippen molar-refractivity contribution < 1.29 is 4.79 Å². The first kappa shape index (κ1) is 16.1. The van der Waals surface area contributed by atoms with Gasteiger partial charge in [-0.2, -0.15) is 0 Å². The van der Waals surface area contributed by atoms with E-state index in [1.165, 1.54) is 10.9 Å². The number of nitrogens with one attached hydrogen (secondary N) is 2. The molecule has 0 atom stereocenters. The highest BCUT2D eigenvalue weighted by molar-refractivity contribution is 7.20. The van der Waals surface area contributed by atoms with Gasteiger partial charge in [-0.15, -0.1) is 22.7 Å². The van der Waals surface area contributed by atoms with Crippen LogP contribution < -0.4 is 5.32 Å². The Morgan fingerprint density at radius 3 is 2.96 bits per heavy atom. The van der Waals surface area contributed by atoms with E-state index in [1.807, 2.05) is 35.2 Å². The van der Waals surface area contributed by atoms with E-state index in [4.69, 9.17) is 0 Å². The van der Waals surface area contributed by atoms with Crippen molar-refractivity contribution in [3.63, 3.8) is 0 Å². The molecule has 4 nitrogen and oxygen atoms in total. The van der Waals surface area contributed by atoms with E-state index in [0.29, 0.717) is 13.0 Å². The smallest absolute Gasteiger partial charge is 0.226 e. The van der Waals surface area contributed by atoms with Gasteiger partial charge in [0.25, 0.3) is 0 Å². The van der Waals surface area contributed by atoms with Crippen LogP contribution in [0.4, 0.5) is 0 Å². The number of carbonyl (C=O) groups excluding carboxylic acids is 1. The number of fused-ring (bicyclic) bond motifs is 1. The second-order valence-corrected chi connectivity index (χ2v) is 7.56. The minimum absolute atomic E-state index is 0.0165. The third-order valence-corrected chi connectivity index (χ3v) is 5.95. The monoisotopic (exact) mass is 367 g/mol. The molecule has 1 aromatic carbocycles. The highest BCUT2D eigenvalue weighted by Crippen LogP contribution is 2.27. The summed E-state index contributed by atoms with van der Waals surface area (Å²) in [5, 5.41) is 9.20. The number of rotatable bonds is 6. The van der Waals surface area contributed by atoms with Crippen molar-refractivity contribution in [2.75, 3.05) is 6.54 Å². The first-order chi connectivity index (χ1) is 12.3. The number of benzene rings is 1. The molecule has 126 valence electrons. The van der Waals surface area contributed by atoms with Crippen molar-refractivity contribution in [1.82, 2.24) is 15.3 Å². The molecule has 0 aliphatic heterocycles. The van der Waals surface area contributed by atoms with E-state index in [9.17, 15) is 4.79 Å². The molecule has 0 bridgehead atoms. The number of H-pyrrole nitrogens is 1. The number of hydrogen-bond donors (Lipinski definition) is 2. The first-order valence-electron chi connectivity index (χ1n) is 8.09. The maximum atomic E-state index is 12.1. The van der Waals surface area contributed by atoms with Gasteiger partial charge in [0.1, 0.15) is 5.01 Å². The summed E-state index contributed by atoms with van der Waals surface area (Å²) in [5.74, 6) is 0.0165. The Bertz CT molecular complexity index is 985. The average molecular weight is 367 g/mol. The van der Waals surface area contributed by atoms with Crippen LogP contribution in [0.2, 0.25) is 0 Å². The third kappa shape index (κ3) is 3.65. The number of aromatic amines is 1. The van der Waals surface area contributed by atoms with Crippen molar-refractivity contribution in [1.29, 1.82) is 0 Å². The molecule has 0 saturated carbocycles. The van der Waals surface area contributed by atoms with Crippen LogP contribution in [0.25, 0.3) is 20.8 Å². The van der Waals surface area contributed by atoms with Crippen molar-refractivity contribution in [2.45, 2.75) is 12.8 Å². The number of aromatic nitrogens is 2. The molecule has 1 amide bonds. The number of amides is 1. The number of hydrogen-bond acceptors (Lipinski definition) is 4. The summed E-state index contributed by atoms with van der Waals surface area (Å²) in [6, 6.07) is 12.3. The Morgan fingerprint density at radius 1 is 1.16 bits per heavy atom. The Balaban J connectivity index is 1.31. The van der Waals surface area contributed by atoms with Gasteiger partial charge in [0, 0.05) is 29.0 Å². The molecule has 0 aliphatic rings. The Hall–Kier alpha value is -2.44. The summed E-state index contributed by atoms with van der Waals surface area (Å²) in [6.45, 7) is 0.628. The molecule has 0 saturated heterocycles. The maximum absolute atomic E-state index is 12.1. The van der Waals surface area contributed by atoms with Gasteiger partial charge in [-0.05, 0) is 29.5 Å². The van der Waals surface area contributed by atoms with Gasteiger partial charge in [0.2, 0.25) is 5.91 Å². The normalized spacial score (nSPS) is 11.0. The molecular weight excluding hydrogens is 350 g/mol. The quantitative estimate of drug-likeness (QED) is 0.535. The van der Waals surface area contributed by atoms with Gasteiger partial charge in [0.15, 0.2) is 0 Å². The standard InChI is InChI=1S/C19H17N3OS2/c23-18(10-14-12-25-19(22-14)17-6-3-9-24-17)20-8-7-13-11-21-16-5-2-1-4-15(13)16/h1-6,9,11-12,21H,7-8,10H2,(H,20,23). The van der Waals surface area contributed by atoms with Crippen molar-refractivity contribution in [3.8, 4) is 9.88 Å². The molecule has 3 aromatic heterocycles. The molecule has 4 aromatic rings. The zero-order valence-corrected chi connectivity index (χ0v) is 15.1. The van der Waals surface area contributed by atoms with E-state index in [0.717, 1.165) is 27.5 Å². The predicted molar refractivity (Wildman–Crippen MR) is 104 cm³/mol. The van der Waals surface area contributed by atoms with Crippen molar-refractivity contribution in [2.24, 2.45) is 0 Å². The fraction of sp³-hybridized carbons (Fsp3) is 0.158. The zero-order chi connectivity index (χ0) is 17.1. The summed E-state index contributed by atoms with van der Waals surface area (Å²) in [6.07, 6.45) is 3.16. The van der Waals surface area contributed by atoms with Crippen LogP contribution in [0, 0.1) is 0 Å². The fourth-order valence-electron chi connectivity index (χ4n) is 2.80. The molecule has 25 heavy (non-hydrogen) atoms. The Labute approximate surface area is 153 Å². The van der Waals surface area contributed by atoms with E-state index in [2.05, 4.69) is 33.5 Å². The lowest BCUT2D eigenvalue weighted by molar-refractivity contribution is -0.120. The van der Waals surface area contributed by atoms with E-state index in [-0.39, 0.29) is 5.91 Å². The van der Waals surface area contributed by atoms with Crippen LogP contribution in [0.1, 0.15) is 11.3 Å². The van der Waals surface area contributed by atoms with Crippen LogP contribution in [0.3, 0.4) is 0 Å². The molecule has 6 heteroatoms. The predicted octanol–water partition coefficient (Wildman–Crippen LogP) is 4.25. The Kier molecular flexibility index (Phi) is 4.63. The number of thiazole rings is 1. The molecule has 3 heterocycles. The minimum Gasteiger partial charge on any atom is -0.361 e. The summed E-state index contributed by atoms with van der Waals surface area (Å²) >= 11 is 3.25. The van der Waals surface area contributed by atoms with Gasteiger partial charge < -0.3 is 10.3 Å². The largest absolute Gasteiger partial charge is 0.361 e. The van der Waals surface area contributed by atoms with E-state index in [1.54, 1.807) is 22.7 Å². The average Bonchev–Trinajstić information content (AvgIpc) is 3.35. The lowest BCUT2D eigenvalue weighted by Gasteiger charge is -2.03. The van der Waals surface area contributed by atoms with Crippen molar-refractivity contribution in [3.05, 3.63) is 64.6 Å². The van der Waals surface area contributed by atoms with E-state index >= 15 is 0 Å². The molecule has 0 unspecified atom stereocenters. The van der Waals surface area contributed by atoms with Gasteiger partial charge in [0.05, 0.1) is 17.0 Å². The maximum Gasteiger partial charge on any atom is 0.226 e. The van der Waals surface area contributed by atoms with Crippen LogP contribution in [-0.4, -0.2) is 22.4 Å². The SMILES string of the molecule is O=C(Cc1csc(-c2cccs2)n1)NCCc1c[nH]c2ccccc12. The van der Waals surface area contributed by atoms with Crippen LogP contribution >= 0.6 is 22.7 Å².